The van der Waals surface area contributed by atoms with Gasteiger partial charge in [0.2, 0.25) is 5.95 Å². The van der Waals surface area contributed by atoms with Crippen LogP contribution in [-0.2, 0) is 0 Å². The fourth-order valence-corrected chi connectivity index (χ4v) is 2.41. The van der Waals surface area contributed by atoms with E-state index in [9.17, 15) is 4.79 Å². The Morgan fingerprint density at radius 2 is 1.77 bits per heavy atom. The molecule has 6 nitrogen and oxygen atoms in total. The van der Waals surface area contributed by atoms with E-state index in [1.807, 2.05) is 37.3 Å². The van der Waals surface area contributed by atoms with Gasteiger partial charge in [-0.25, -0.2) is 9.97 Å². The van der Waals surface area contributed by atoms with Crippen molar-refractivity contribution in [3.8, 4) is 5.75 Å². The fourth-order valence-electron chi connectivity index (χ4n) is 2.24. The summed E-state index contributed by atoms with van der Waals surface area (Å²) >= 11 is 5.97. The molecule has 0 unspecified atom stereocenters. The SMILES string of the molecule is COc1ccc(Nc2ncc(C(=O)Nc3cc(Cl)ccc3C)cn2)cc1. The average molecular weight is 369 g/mol. The summed E-state index contributed by atoms with van der Waals surface area (Å²) in [5.74, 6) is 0.858. The number of carbonyl (C=O) groups is 1. The minimum absolute atomic E-state index is 0.300. The summed E-state index contributed by atoms with van der Waals surface area (Å²) in [4.78, 5) is 20.7. The molecule has 0 radical (unpaired) electrons. The third-order valence-electron chi connectivity index (χ3n) is 3.71. The fraction of sp³-hybridized carbons (Fsp3) is 0.105. The molecule has 0 saturated heterocycles. The maximum Gasteiger partial charge on any atom is 0.258 e. The first-order valence-electron chi connectivity index (χ1n) is 7.86. The summed E-state index contributed by atoms with van der Waals surface area (Å²) in [6, 6.07) is 12.7. The lowest BCUT2D eigenvalue weighted by Crippen LogP contribution is -2.14. The number of aromatic nitrogens is 2. The van der Waals surface area contributed by atoms with Crippen molar-refractivity contribution in [1.82, 2.24) is 9.97 Å². The van der Waals surface area contributed by atoms with Crippen LogP contribution in [0.4, 0.5) is 17.3 Å². The number of benzene rings is 2. The van der Waals surface area contributed by atoms with E-state index in [4.69, 9.17) is 16.3 Å². The van der Waals surface area contributed by atoms with Crippen LogP contribution in [0.25, 0.3) is 0 Å². The predicted molar refractivity (Wildman–Crippen MR) is 102 cm³/mol. The Morgan fingerprint density at radius 1 is 1.08 bits per heavy atom. The number of aryl methyl sites for hydroxylation is 1. The molecule has 1 heterocycles. The molecule has 0 saturated carbocycles. The number of nitrogens with one attached hydrogen (secondary N) is 2. The summed E-state index contributed by atoms with van der Waals surface area (Å²) in [6.45, 7) is 1.89. The third kappa shape index (κ3) is 4.29. The molecule has 3 aromatic rings. The van der Waals surface area contributed by atoms with Crippen molar-refractivity contribution in [2.24, 2.45) is 0 Å². The van der Waals surface area contributed by atoms with Crippen LogP contribution in [0.15, 0.2) is 54.9 Å². The Morgan fingerprint density at radius 3 is 2.42 bits per heavy atom. The number of nitrogens with zero attached hydrogens (tertiary/aromatic N) is 2. The third-order valence-corrected chi connectivity index (χ3v) is 3.94. The van der Waals surface area contributed by atoms with E-state index in [-0.39, 0.29) is 5.91 Å². The maximum atomic E-state index is 12.3. The molecule has 2 N–H and O–H groups in total. The molecule has 0 bridgehead atoms. The van der Waals surface area contributed by atoms with Gasteiger partial charge in [0.25, 0.3) is 5.91 Å². The first-order valence-corrected chi connectivity index (χ1v) is 8.23. The predicted octanol–water partition coefficient (Wildman–Crippen LogP) is 4.44. The minimum Gasteiger partial charge on any atom is -0.497 e. The topological polar surface area (TPSA) is 76.1 Å². The molecule has 0 spiro atoms. The lowest BCUT2D eigenvalue weighted by atomic mass is 10.2. The van der Waals surface area contributed by atoms with E-state index in [1.54, 1.807) is 19.2 Å². The van der Waals surface area contributed by atoms with Gasteiger partial charge in [0.05, 0.1) is 12.7 Å². The lowest BCUT2D eigenvalue weighted by molar-refractivity contribution is 0.102. The molecule has 0 aliphatic carbocycles. The Kier molecular flexibility index (Phi) is 5.34. The maximum absolute atomic E-state index is 12.3. The lowest BCUT2D eigenvalue weighted by Gasteiger charge is -2.09. The van der Waals surface area contributed by atoms with Crippen LogP contribution in [0, 0.1) is 6.92 Å². The number of ether oxygens (including phenoxy) is 1. The van der Waals surface area contributed by atoms with Crippen molar-refractivity contribution in [2.75, 3.05) is 17.7 Å². The summed E-state index contributed by atoms with van der Waals surface area (Å²) in [6.07, 6.45) is 2.93. The Labute approximate surface area is 156 Å². The second-order valence-corrected chi connectivity index (χ2v) is 6.00. The first-order chi connectivity index (χ1) is 12.5. The summed E-state index contributed by atoms with van der Waals surface area (Å²) in [5, 5.41) is 6.43. The number of methoxy groups -OCH3 is 1. The smallest absolute Gasteiger partial charge is 0.258 e. The second-order valence-electron chi connectivity index (χ2n) is 5.56. The molecule has 1 aromatic heterocycles. The first kappa shape index (κ1) is 17.7. The van der Waals surface area contributed by atoms with E-state index in [0.29, 0.717) is 22.2 Å². The van der Waals surface area contributed by atoms with Gasteiger partial charge in [0.15, 0.2) is 0 Å². The molecule has 0 aliphatic rings. The molecule has 26 heavy (non-hydrogen) atoms. The molecular formula is C19H17ClN4O2. The molecule has 132 valence electrons. The monoisotopic (exact) mass is 368 g/mol. The van der Waals surface area contributed by atoms with Crippen LogP contribution in [0.3, 0.4) is 0 Å². The van der Waals surface area contributed by atoms with Gasteiger partial charge in [-0.1, -0.05) is 17.7 Å². The highest BCUT2D eigenvalue weighted by Gasteiger charge is 2.10. The van der Waals surface area contributed by atoms with Crippen LogP contribution in [0.5, 0.6) is 5.75 Å². The zero-order chi connectivity index (χ0) is 18.5. The van der Waals surface area contributed by atoms with Crippen molar-refractivity contribution in [1.29, 1.82) is 0 Å². The van der Waals surface area contributed by atoms with Crippen molar-refractivity contribution >= 4 is 34.8 Å². The molecule has 0 atom stereocenters. The van der Waals surface area contributed by atoms with Gasteiger partial charge < -0.3 is 15.4 Å². The van der Waals surface area contributed by atoms with Crippen molar-refractivity contribution in [3.05, 3.63) is 71.0 Å². The standard InChI is InChI=1S/C19H17ClN4O2/c1-12-3-4-14(20)9-17(12)24-18(25)13-10-21-19(22-11-13)23-15-5-7-16(26-2)8-6-15/h3-11H,1-2H3,(H,24,25)(H,21,22,23). The highest BCUT2D eigenvalue weighted by molar-refractivity contribution is 6.31. The molecule has 2 aromatic carbocycles. The molecule has 7 heteroatoms. The van der Waals surface area contributed by atoms with Gasteiger partial charge in [0.1, 0.15) is 5.75 Å². The summed E-state index contributed by atoms with van der Waals surface area (Å²) in [5.41, 5.74) is 2.74. The number of rotatable bonds is 5. The highest BCUT2D eigenvalue weighted by Crippen LogP contribution is 2.21. The Hall–Kier alpha value is -3.12. The van der Waals surface area contributed by atoms with Crippen LogP contribution in [-0.4, -0.2) is 23.0 Å². The van der Waals surface area contributed by atoms with Gasteiger partial charge in [-0.15, -0.1) is 0 Å². The highest BCUT2D eigenvalue weighted by atomic mass is 35.5. The Balaban J connectivity index is 1.68. The Bertz CT molecular complexity index is 912. The zero-order valence-electron chi connectivity index (χ0n) is 14.3. The van der Waals surface area contributed by atoms with Gasteiger partial charge in [-0.2, -0.15) is 0 Å². The van der Waals surface area contributed by atoms with Crippen LogP contribution in [0.2, 0.25) is 5.02 Å². The van der Waals surface area contributed by atoms with Crippen molar-refractivity contribution < 1.29 is 9.53 Å². The second kappa shape index (κ2) is 7.84. The van der Waals surface area contributed by atoms with Crippen molar-refractivity contribution in [3.63, 3.8) is 0 Å². The number of halogens is 1. The van der Waals surface area contributed by atoms with Gasteiger partial charge in [-0.05, 0) is 48.9 Å². The van der Waals surface area contributed by atoms with E-state index < -0.39 is 0 Å². The number of hydrogen-bond donors (Lipinski definition) is 2. The summed E-state index contributed by atoms with van der Waals surface area (Å²) < 4.78 is 5.11. The quantitative estimate of drug-likeness (QED) is 0.696. The number of carbonyl (C=O) groups excluding carboxylic acids is 1. The minimum atomic E-state index is -0.300. The van der Waals surface area contributed by atoms with E-state index >= 15 is 0 Å². The number of hydrogen-bond acceptors (Lipinski definition) is 5. The van der Waals surface area contributed by atoms with Crippen LogP contribution >= 0.6 is 11.6 Å². The molecule has 0 aliphatic heterocycles. The molecule has 3 rings (SSSR count). The normalized spacial score (nSPS) is 10.3. The molecule has 0 fully saturated rings. The van der Waals surface area contributed by atoms with Crippen molar-refractivity contribution in [2.45, 2.75) is 6.92 Å². The number of amides is 1. The summed E-state index contributed by atoms with van der Waals surface area (Å²) in [7, 11) is 1.61. The molecule has 1 amide bonds. The van der Waals surface area contributed by atoms with Gasteiger partial charge >= 0.3 is 0 Å². The molecular weight excluding hydrogens is 352 g/mol. The van der Waals surface area contributed by atoms with Crippen LogP contribution < -0.4 is 15.4 Å². The van der Waals surface area contributed by atoms with E-state index in [1.165, 1.54) is 12.4 Å². The van der Waals surface area contributed by atoms with Crippen LogP contribution in [0.1, 0.15) is 15.9 Å². The zero-order valence-corrected chi connectivity index (χ0v) is 15.0. The average Bonchev–Trinajstić information content (AvgIpc) is 2.66. The largest absolute Gasteiger partial charge is 0.497 e. The van der Waals surface area contributed by atoms with E-state index in [0.717, 1.165) is 17.0 Å². The van der Waals surface area contributed by atoms with Gasteiger partial charge in [-0.3, -0.25) is 4.79 Å². The van der Waals surface area contributed by atoms with E-state index in [2.05, 4.69) is 20.6 Å². The number of anilines is 3. The van der Waals surface area contributed by atoms with Gasteiger partial charge in [0, 0.05) is 28.8 Å².